The van der Waals surface area contributed by atoms with Crippen LogP contribution in [-0.4, -0.2) is 28.4 Å². The average molecular weight is 371 g/mol. The molecule has 2 amide bonds. The molecule has 26 heavy (non-hydrogen) atoms. The number of aromatic amines is 1. The molecule has 8 heteroatoms. The molecule has 0 radical (unpaired) electrons. The molecule has 1 heterocycles. The molecule has 0 aliphatic carbocycles. The van der Waals surface area contributed by atoms with Gasteiger partial charge in [-0.3, -0.25) is 9.59 Å². The predicted molar refractivity (Wildman–Crippen MR) is 97.9 cm³/mol. The first-order valence-corrected chi connectivity index (χ1v) is 8.20. The Bertz CT molecular complexity index is 983. The maximum atomic E-state index is 11.9. The number of azo groups is 1. The van der Waals surface area contributed by atoms with Gasteiger partial charge in [0, 0.05) is 28.9 Å². The van der Waals surface area contributed by atoms with Gasteiger partial charge in [0.05, 0.1) is 5.52 Å². The summed E-state index contributed by atoms with van der Waals surface area (Å²) in [6.07, 6.45) is -0.00799. The summed E-state index contributed by atoms with van der Waals surface area (Å²) in [6.45, 7) is 0.136. The van der Waals surface area contributed by atoms with Crippen LogP contribution in [0.5, 0.6) is 5.88 Å². The number of carbonyl (C=O) groups excluding carboxylic acids is 2. The van der Waals surface area contributed by atoms with E-state index in [2.05, 4.69) is 20.5 Å². The third kappa shape index (κ3) is 4.07. The number of nitrogens with one attached hydrogen (secondary N) is 2. The molecule has 132 valence electrons. The van der Waals surface area contributed by atoms with Gasteiger partial charge in [0.2, 0.25) is 5.88 Å². The number of amides is 2. The highest BCUT2D eigenvalue weighted by Crippen LogP contribution is 2.36. The van der Waals surface area contributed by atoms with Crippen molar-refractivity contribution in [2.45, 2.75) is 6.42 Å². The molecule has 0 fully saturated rings. The van der Waals surface area contributed by atoms with E-state index >= 15 is 0 Å². The largest absolute Gasteiger partial charge is 0.493 e. The van der Waals surface area contributed by atoms with Crippen LogP contribution >= 0.6 is 11.6 Å². The van der Waals surface area contributed by atoms with Crippen LogP contribution in [0.4, 0.5) is 5.69 Å². The highest BCUT2D eigenvalue weighted by molar-refractivity contribution is 6.31. The molecule has 3 N–H and O–H groups in total. The zero-order chi connectivity index (χ0) is 18.5. The van der Waals surface area contributed by atoms with Gasteiger partial charge >= 0.3 is 0 Å². The van der Waals surface area contributed by atoms with Crippen LogP contribution in [0.2, 0.25) is 5.02 Å². The monoisotopic (exact) mass is 370 g/mol. The van der Waals surface area contributed by atoms with Gasteiger partial charge in [0.1, 0.15) is 0 Å². The summed E-state index contributed by atoms with van der Waals surface area (Å²) < 4.78 is 0. The van der Waals surface area contributed by atoms with E-state index in [0.29, 0.717) is 21.5 Å². The highest BCUT2D eigenvalue weighted by Gasteiger charge is 2.12. The number of halogens is 1. The Balaban J connectivity index is 1.59. The molecule has 7 nitrogen and oxygen atoms in total. The number of H-pyrrole nitrogens is 1. The lowest BCUT2D eigenvalue weighted by atomic mass is 10.2. The van der Waals surface area contributed by atoms with Crippen LogP contribution in [0.3, 0.4) is 0 Å². The fraction of sp³-hybridized carbons (Fsp3) is 0.111. The van der Waals surface area contributed by atoms with Crippen molar-refractivity contribution in [2.75, 3.05) is 6.54 Å². The van der Waals surface area contributed by atoms with E-state index in [-0.39, 0.29) is 30.4 Å². The zero-order valence-corrected chi connectivity index (χ0v) is 14.3. The molecule has 0 spiro atoms. The van der Waals surface area contributed by atoms with E-state index in [1.807, 2.05) is 6.07 Å². The minimum Gasteiger partial charge on any atom is -0.493 e. The number of aromatic hydroxyl groups is 1. The van der Waals surface area contributed by atoms with Gasteiger partial charge in [-0.1, -0.05) is 29.8 Å². The lowest BCUT2D eigenvalue weighted by Gasteiger charge is -2.02. The summed E-state index contributed by atoms with van der Waals surface area (Å²) >= 11 is 5.94. The minimum absolute atomic E-state index is 0.00799. The van der Waals surface area contributed by atoms with Gasteiger partial charge in [-0.2, -0.15) is 0 Å². The van der Waals surface area contributed by atoms with Crippen molar-refractivity contribution in [3.8, 4) is 5.88 Å². The summed E-state index contributed by atoms with van der Waals surface area (Å²) in [5, 5.41) is 21.0. The summed E-state index contributed by atoms with van der Waals surface area (Å²) in [7, 11) is 0. The Morgan fingerprint density at radius 2 is 1.92 bits per heavy atom. The first-order chi connectivity index (χ1) is 12.5. The third-order valence-electron chi connectivity index (χ3n) is 3.64. The van der Waals surface area contributed by atoms with Crippen LogP contribution in [-0.2, 0) is 4.79 Å². The molecular formula is C18H15ClN4O3. The van der Waals surface area contributed by atoms with Crippen LogP contribution in [0.25, 0.3) is 10.9 Å². The van der Waals surface area contributed by atoms with E-state index in [0.717, 1.165) is 0 Å². The number of rotatable bonds is 5. The van der Waals surface area contributed by atoms with E-state index in [1.54, 1.807) is 42.5 Å². The predicted octanol–water partition coefficient (Wildman–Crippen LogP) is 3.96. The normalized spacial score (nSPS) is 11.1. The third-order valence-corrected chi connectivity index (χ3v) is 3.87. The second-order valence-electron chi connectivity index (χ2n) is 5.48. The summed E-state index contributed by atoms with van der Waals surface area (Å²) in [5.74, 6) is -0.982. The molecule has 3 aromatic rings. The molecule has 1 aromatic heterocycles. The van der Waals surface area contributed by atoms with Gasteiger partial charge in [0.15, 0.2) is 5.69 Å². The Morgan fingerprint density at radius 3 is 2.69 bits per heavy atom. The van der Waals surface area contributed by atoms with Crippen LogP contribution in [0.1, 0.15) is 16.8 Å². The zero-order valence-electron chi connectivity index (χ0n) is 13.6. The second-order valence-corrected chi connectivity index (χ2v) is 5.91. The minimum atomic E-state index is -0.519. The van der Waals surface area contributed by atoms with Gasteiger partial charge in [-0.25, -0.2) is 0 Å². The molecule has 0 saturated carbocycles. The van der Waals surface area contributed by atoms with Crippen molar-refractivity contribution in [2.24, 2.45) is 10.2 Å². The van der Waals surface area contributed by atoms with E-state index < -0.39 is 5.91 Å². The Labute approximate surface area is 153 Å². The molecule has 0 unspecified atom stereocenters. The lowest BCUT2D eigenvalue weighted by Crippen LogP contribution is -2.25. The summed E-state index contributed by atoms with van der Waals surface area (Å²) in [6, 6.07) is 13.7. The maximum absolute atomic E-state index is 11.9. The summed E-state index contributed by atoms with van der Waals surface area (Å²) in [4.78, 5) is 26.4. The van der Waals surface area contributed by atoms with E-state index in [9.17, 15) is 14.7 Å². The number of carbonyl (C=O) groups is 2. The number of aromatic nitrogens is 1. The standard InChI is InChI=1S/C18H15ClN4O3/c19-12-6-7-14-13(10-12)16(18(26)21-14)23-22-15(24)8-9-20-17(25)11-4-2-1-3-5-11/h1-7,10,21,26H,8-9H2,(H,20,25). The fourth-order valence-corrected chi connectivity index (χ4v) is 2.54. The van der Waals surface area contributed by atoms with Crippen molar-refractivity contribution in [1.82, 2.24) is 10.3 Å². The Morgan fingerprint density at radius 1 is 1.15 bits per heavy atom. The number of hydrogen-bond donors (Lipinski definition) is 3. The maximum Gasteiger partial charge on any atom is 0.266 e. The summed E-state index contributed by atoms with van der Waals surface area (Å²) in [5.41, 5.74) is 1.29. The molecular weight excluding hydrogens is 356 g/mol. The molecule has 0 saturated heterocycles. The molecule has 0 aliphatic rings. The van der Waals surface area contributed by atoms with Crippen molar-refractivity contribution in [3.05, 3.63) is 59.1 Å². The SMILES string of the molecule is O=C(CCNC(=O)c1ccccc1)N=Nc1c(O)[nH]c2ccc(Cl)cc12. The van der Waals surface area contributed by atoms with Gasteiger partial charge in [-0.05, 0) is 30.3 Å². The van der Waals surface area contributed by atoms with E-state index in [1.165, 1.54) is 0 Å². The van der Waals surface area contributed by atoms with Crippen molar-refractivity contribution < 1.29 is 14.7 Å². The molecule has 3 rings (SSSR count). The Kier molecular flexibility index (Phi) is 5.28. The first-order valence-electron chi connectivity index (χ1n) is 7.82. The smallest absolute Gasteiger partial charge is 0.266 e. The quantitative estimate of drug-likeness (QED) is 0.591. The highest BCUT2D eigenvalue weighted by atomic mass is 35.5. The van der Waals surface area contributed by atoms with Gasteiger partial charge in [0.25, 0.3) is 11.8 Å². The first kappa shape index (κ1) is 17.6. The lowest BCUT2D eigenvalue weighted by molar-refractivity contribution is -0.118. The molecule has 0 bridgehead atoms. The number of nitrogens with zero attached hydrogens (tertiary/aromatic N) is 2. The van der Waals surface area contributed by atoms with Gasteiger partial charge < -0.3 is 15.4 Å². The van der Waals surface area contributed by atoms with Crippen LogP contribution in [0, 0.1) is 0 Å². The number of fused-ring (bicyclic) bond motifs is 1. The van der Waals surface area contributed by atoms with E-state index in [4.69, 9.17) is 11.6 Å². The number of benzene rings is 2. The van der Waals surface area contributed by atoms with Gasteiger partial charge in [-0.15, -0.1) is 10.2 Å². The number of hydrogen-bond acceptors (Lipinski definition) is 4. The van der Waals surface area contributed by atoms with Crippen LogP contribution in [0.15, 0.2) is 58.8 Å². The van der Waals surface area contributed by atoms with Crippen molar-refractivity contribution in [1.29, 1.82) is 0 Å². The second kappa shape index (κ2) is 7.79. The molecule has 2 aromatic carbocycles. The van der Waals surface area contributed by atoms with Crippen LogP contribution < -0.4 is 5.32 Å². The fourth-order valence-electron chi connectivity index (χ4n) is 2.37. The van der Waals surface area contributed by atoms with Crippen molar-refractivity contribution >= 4 is 40.0 Å². The van der Waals surface area contributed by atoms with Crippen molar-refractivity contribution in [3.63, 3.8) is 0 Å². The Hall–Kier alpha value is -3.19. The topological polar surface area (TPSA) is 107 Å². The average Bonchev–Trinajstić information content (AvgIpc) is 2.95. The molecule has 0 aliphatic heterocycles. The molecule has 0 atom stereocenters.